The van der Waals surface area contributed by atoms with Gasteiger partial charge < -0.3 is 21.3 Å². The molecule has 0 radical (unpaired) electrons. The van der Waals surface area contributed by atoms with Crippen LogP contribution in [0.25, 0.3) is 0 Å². The SMILES string of the molecule is CC[C@@](C)(O)CCc1cc(CNCCO)c(C)cc1N. The van der Waals surface area contributed by atoms with Crippen LogP contribution in [0.3, 0.4) is 0 Å². The van der Waals surface area contributed by atoms with Crippen molar-refractivity contribution in [2.45, 2.75) is 52.2 Å². The normalized spacial score (nSPS) is 14.2. The molecule has 0 aliphatic heterocycles. The molecule has 0 aliphatic carbocycles. The van der Waals surface area contributed by atoms with Gasteiger partial charge in [-0.3, -0.25) is 0 Å². The van der Waals surface area contributed by atoms with Crippen molar-refractivity contribution in [3.8, 4) is 0 Å². The third kappa shape index (κ3) is 5.12. The Morgan fingerprint density at radius 3 is 2.60 bits per heavy atom. The molecule has 0 bridgehead atoms. The maximum Gasteiger partial charge on any atom is 0.0620 e. The first-order chi connectivity index (χ1) is 9.39. The highest BCUT2D eigenvalue weighted by Gasteiger charge is 2.18. The average molecular weight is 280 g/mol. The lowest BCUT2D eigenvalue weighted by molar-refractivity contribution is 0.0473. The number of nitrogens with one attached hydrogen (secondary N) is 1. The number of anilines is 1. The molecule has 0 fully saturated rings. The molecule has 0 saturated heterocycles. The average Bonchev–Trinajstić information content (AvgIpc) is 2.40. The van der Waals surface area contributed by atoms with E-state index in [0.717, 1.165) is 36.2 Å². The van der Waals surface area contributed by atoms with Crippen LogP contribution >= 0.6 is 0 Å². The van der Waals surface area contributed by atoms with Crippen LogP contribution in [0, 0.1) is 6.92 Å². The molecule has 1 aromatic rings. The maximum absolute atomic E-state index is 10.1. The zero-order chi connectivity index (χ0) is 15.2. The Bertz CT molecular complexity index is 431. The Labute approximate surface area is 122 Å². The highest BCUT2D eigenvalue weighted by atomic mass is 16.3. The molecule has 0 spiro atoms. The smallest absolute Gasteiger partial charge is 0.0620 e. The van der Waals surface area contributed by atoms with Gasteiger partial charge >= 0.3 is 0 Å². The lowest BCUT2D eigenvalue weighted by Crippen LogP contribution is -2.23. The Morgan fingerprint density at radius 2 is 2.00 bits per heavy atom. The largest absolute Gasteiger partial charge is 0.398 e. The summed E-state index contributed by atoms with van der Waals surface area (Å²) in [5.41, 5.74) is 9.67. The minimum atomic E-state index is -0.632. The van der Waals surface area contributed by atoms with Crippen molar-refractivity contribution in [1.82, 2.24) is 5.32 Å². The van der Waals surface area contributed by atoms with Gasteiger partial charge in [0.05, 0.1) is 12.2 Å². The molecule has 0 amide bonds. The third-order valence-corrected chi connectivity index (χ3v) is 3.90. The van der Waals surface area contributed by atoms with Gasteiger partial charge in [-0.15, -0.1) is 0 Å². The fourth-order valence-electron chi connectivity index (χ4n) is 2.12. The van der Waals surface area contributed by atoms with Crippen molar-refractivity contribution < 1.29 is 10.2 Å². The second kappa shape index (κ2) is 7.62. The maximum atomic E-state index is 10.1. The second-order valence-electron chi connectivity index (χ2n) is 5.73. The Morgan fingerprint density at radius 1 is 1.30 bits per heavy atom. The fraction of sp³-hybridized carbons (Fsp3) is 0.625. The summed E-state index contributed by atoms with van der Waals surface area (Å²) in [5, 5.41) is 22.1. The number of aliphatic hydroxyl groups is 2. The van der Waals surface area contributed by atoms with E-state index in [1.807, 2.05) is 26.8 Å². The summed E-state index contributed by atoms with van der Waals surface area (Å²) >= 11 is 0. The summed E-state index contributed by atoms with van der Waals surface area (Å²) in [4.78, 5) is 0. The van der Waals surface area contributed by atoms with Crippen molar-refractivity contribution in [2.75, 3.05) is 18.9 Å². The van der Waals surface area contributed by atoms with Crippen molar-refractivity contribution in [1.29, 1.82) is 0 Å². The molecule has 0 aromatic heterocycles. The first-order valence-corrected chi connectivity index (χ1v) is 7.31. The van der Waals surface area contributed by atoms with Gasteiger partial charge in [-0.2, -0.15) is 0 Å². The zero-order valence-corrected chi connectivity index (χ0v) is 12.9. The number of nitrogen functional groups attached to an aromatic ring is 1. The lowest BCUT2D eigenvalue weighted by Gasteiger charge is -2.22. The Kier molecular flexibility index (Phi) is 6.46. The summed E-state index contributed by atoms with van der Waals surface area (Å²) in [6.45, 7) is 7.34. The van der Waals surface area contributed by atoms with Gasteiger partial charge in [-0.25, -0.2) is 0 Å². The van der Waals surface area contributed by atoms with E-state index in [1.54, 1.807) is 0 Å². The number of benzene rings is 1. The van der Waals surface area contributed by atoms with Crippen molar-refractivity contribution in [2.24, 2.45) is 0 Å². The monoisotopic (exact) mass is 280 g/mol. The van der Waals surface area contributed by atoms with E-state index >= 15 is 0 Å². The zero-order valence-electron chi connectivity index (χ0n) is 12.9. The molecule has 20 heavy (non-hydrogen) atoms. The predicted molar refractivity (Wildman–Crippen MR) is 83.6 cm³/mol. The van der Waals surface area contributed by atoms with Crippen LogP contribution in [0.2, 0.25) is 0 Å². The highest BCUT2D eigenvalue weighted by Crippen LogP contribution is 2.23. The lowest BCUT2D eigenvalue weighted by atomic mass is 9.92. The van der Waals surface area contributed by atoms with E-state index < -0.39 is 5.60 Å². The van der Waals surface area contributed by atoms with Crippen molar-refractivity contribution in [3.63, 3.8) is 0 Å². The molecule has 0 unspecified atom stereocenters. The molecule has 0 saturated carbocycles. The van der Waals surface area contributed by atoms with Gasteiger partial charge in [-0.1, -0.05) is 13.0 Å². The third-order valence-electron chi connectivity index (χ3n) is 3.90. The summed E-state index contributed by atoms with van der Waals surface area (Å²) in [5.74, 6) is 0. The van der Waals surface area contributed by atoms with E-state index in [0.29, 0.717) is 13.0 Å². The number of aryl methyl sites for hydroxylation is 2. The molecule has 1 rings (SSSR count). The van der Waals surface area contributed by atoms with Gasteiger partial charge in [0.1, 0.15) is 0 Å². The van der Waals surface area contributed by atoms with Crippen LogP contribution in [0.5, 0.6) is 0 Å². The van der Waals surface area contributed by atoms with Crippen molar-refractivity contribution in [3.05, 3.63) is 28.8 Å². The number of aliphatic hydroxyl groups excluding tert-OH is 1. The standard InChI is InChI=1S/C16H28N2O2/c1-4-16(3,20)6-5-13-10-14(11-18-7-8-19)12(2)9-15(13)17/h9-10,18-20H,4-8,11,17H2,1-3H3/t16-/m1/s1. The van der Waals surface area contributed by atoms with Gasteiger partial charge in [0, 0.05) is 18.8 Å². The second-order valence-corrected chi connectivity index (χ2v) is 5.73. The van der Waals surface area contributed by atoms with Crippen LogP contribution in [0.1, 0.15) is 43.4 Å². The molecule has 1 aromatic carbocycles. The Hall–Kier alpha value is -1.10. The molecular formula is C16H28N2O2. The van der Waals surface area contributed by atoms with E-state index in [1.165, 1.54) is 5.56 Å². The predicted octanol–water partition coefficient (Wildman–Crippen LogP) is 1.75. The number of hydrogen-bond acceptors (Lipinski definition) is 4. The van der Waals surface area contributed by atoms with Gasteiger partial charge in [0.2, 0.25) is 0 Å². The Balaban J connectivity index is 2.77. The van der Waals surface area contributed by atoms with Gasteiger partial charge in [-0.05, 0) is 55.9 Å². The molecule has 5 N–H and O–H groups in total. The molecule has 1 atom stereocenters. The highest BCUT2D eigenvalue weighted by molar-refractivity contribution is 5.52. The quantitative estimate of drug-likeness (QED) is 0.432. The molecular weight excluding hydrogens is 252 g/mol. The molecule has 114 valence electrons. The summed E-state index contributed by atoms with van der Waals surface area (Å²) in [6, 6.07) is 4.10. The van der Waals surface area contributed by atoms with Crippen molar-refractivity contribution >= 4 is 5.69 Å². The van der Waals surface area contributed by atoms with E-state index in [4.69, 9.17) is 10.8 Å². The van der Waals surface area contributed by atoms with Gasteiger partial charge in [0.25, 0.3) is 0 Å². The number of nitrogens with two attached hydrogens (primary N) is 1. The topological polar surface area (TPSA) is 78.5 Å². The van der Waals surface area contributed by atoms with Crippen LogP contribution in [0.15, 0.2) is 12.1 Å². The summed E-state index contributed by atoms with van der Waals surface area (Å²) in [6.07, 6.45) is 2.23. The number of hydrogen-bond donors (Lipinski definition) is 4. The van der Waals surface area contributed by atoms with Crippen LogP contribution in [-0.4, -0.2) is 29.0 Å². The first-order valence-electron chi connectivity index (χ1n) is 7.31. The molecule has 0 heterocycles. The first kappa shape index (κ1) is 17.0. The molecule has 4 nitrogen and oxygen atoms in total. The molecule has 4 heteroatoms. The minimum Gasteiger partial charge on any atom is -0.398 e. The summed E-state index contributed by atoms with van der Waals surface area (Å²) < 4.78 is 0. The minimum absolute atomic E-state index is 0.139. The molecule has 0 aliphatic rings. The fourth-order valence-corrected chi connectivity index (χ4v) is 2.12. The number of rotatable bonds is 8. The van der Waals surface area contributed by atoms with E-state index in [2.05, 4.69) is 11.4 Å². The van der Waals surface area contributed by atoms with Crippen LogP contribution in [0.4, 0.5) is 5.69 Å². The van der Waals surface area contributed by atoms with E-state index in [9.17, 15) is 5.11 Å². The van der Waals surface area contributed by atoms with Gasteiger partial charge in [0.15, 0.2) is 0 Å². The summed E-state index contributed by atoms with van der Waals surface area (Å²) in [7, 11) is 0. The van der Waals surface area contributed by atoms with Crippen LogP contribution < -0.4 is 11.1 Å². The van der Waals surface area contributed by atoms with Crippen LogP contribution in [-0.2, 0) is 13.0 Å². The van der Waals surface area contributed by atoms with E-state index in [-0.39, 0.29) is 6.61 Å².